The van der Waals surface area contributed by atoms with Gasteiger partial charge in [-0.25, -0.2) is 0 Å². The van der Waals surface area contributed by atoms with Gasteiger partial charge in [0.05, 0.1) is 0 Å². The third-order valence-corrected chi connectivity index (χ3v) is 3.82. The van der Waals surface area contributed by atoms with Crippen LogP contribution < -0.4 is 10.2 Å². The number of aromatic nitrogens is 1. The van der Waals surface area contributed by atoms with Gasteiger partial charge < -0.3 is 10.2 Å². The molecule has 0 bridgehead atoms. The van der Waals surface area contributed by atoms with E-state index in [0.29, 0.717) is 0 Å². The number of nitrogens with zero attached hydrogens (tertiary/aromatic N) is 2. The van der Waals surface area contributed by atoms with E-state index in [2.05, 4.69) is 69.9 Å². The fourth-order valence-electron chi connectivity index (χ4n) is 1.81. The molecular weight excluding hydrogens is 234 g/mol. The molecule has 0 fully saturated rings. The van der Waals surface area contributed by atoms with Crippen LogP contribution in [0.15, 0.2) is 18.5 Å². The summed E-state index contributed by atoms with van der Waals surface area (Å²) in [4.78, 5) is 6.63. The van der Waals surface area contributed by atoms with Crippen LogP contribution in [0.1, 0.15) is 53.5 Å². The molecular formula is C16H29N3. The van der Waals surface area contributed by atoms with E-state index in [1.807, 2.05) is 12.4 Å². The Labute approximate surface area is 118 Å². The first kappa shape index (κ1) is 16.0. The number of hydrogen-bond donors (Lipinski definition) is 1. The maximum absolute atomic E-state index is 4.27. The summed E-state index contributed by atoms with van der Waals surface area (Å²) in [6.45, 7) is 14.2. The molecule has 3 nitrogen and oxygen atoms in total. The third kappa shape index (κ3) is 4.50. The van der Waals surface area contributed by atoms with Crippen molar-refractivity contribution in [2.24, 2.45) is 0 Å². The molecule has 1 N–H and O–H groups in total. The van der Waals surface area contributed by atoms with Gasteiger partial charge in [0.1, 0.15) is 0 Å². The van der Waals surface area contributed by atoms with Gasteiger partial charge in [0.2, 0.25) is 0 Å². The molecule has 108 valence electrons. The molecule has 1 aromatic heterocycles. The molecule has 0 aromatic carbocycles. The van der Waals surface area contributed by atoms with E-state index in [1.54, 1.807) is 0 Å². The first-order chi connectivity index (χ1) is 8.67. The van der Waals surface area contributed by atoms with E-state index in [0.717, 1.165) is 13.0 Å². The van der Waals surface area contributed by atoms with Crippen molar-refractivity contribution in [2.45, 2.75) is 65.6 Å². The summed E-state index contributed by atoms with van der Waals surface area (Å²) in [7, 11) is 2.17. The van der Waals surface area contributed by atoms with Crippen molar-refractivity contribution < 1.29 is 0 Å². The minimum absolute atomic E-state index is 0.117. The van der Waals surface area contributed by atoms with Gasteiger partial charge in [0, 0.05) is 48.3 Å². The van der Waals surface area contributed by atoms with Crippen LogP contribution in [0.4, 0.5) is 5.69 Å². The maximum Gasteiger partial charge on any atom is 0.0444 e. The van der Waals surface area contributed by atoms with E-state index >= 15 is 0 Å². The van der Waals surface area contributed by atoms with Crippen LogP contribution >= 0.6 is 0 Å². The molecule has 0 unspecified atom stereocenters. The average Bonchev–Trinajstić information content (AvgIpc) is 2.35. The summed E-state index contributed by atoms with van der Waals surface area (Å²) >= 11 is 0. The number of hydrogen-bond acceptors (Lipinski definition) is 3. The topological polar surface area (TPSA) is 28.2 Å². The Morgan fingerprint density at radius 2 is 1.84 bits per heavy atom. The molecule has 19 heavy (non-hydrogen) atoms. The van der Waals surface area contributed by atoms with Gasteiger partial charge in [-0.1, -0.05) is 6.92 Å². The summed E-state index contributed by atoms with van der Waals surface area (Å²) in [5, 5.41) is 3.54. The Morgan fingerprint density at radius 3 is 2.37 bits per heavy atom. The highest BCUT2D eigenvalue weighted by Crippen LogP contribution is 2.27. The first-order valence-corrected chi connectivity index (χ1v) is 7.09. The van der Waals surface area contributed by atoms with Crippen molar-refractivity contribution in [1.29, 1.82) is 0 Å². The summed E-state index contributed by atoms with van der Waals surface area (Å²) in [5.41, 5.74) is 2.78. The lowest BCUT2D eigenvalue weighted by Crippen LogP contribution is -2.42. The summed E-state index contributed by atoms with van der Waals surface area (Å²) in [6.07, 6.45) is 4.95. The number of pyridine rings is 1. The predicted molar refractivity (Wildman–Crippen MR) is 83.6 cm³/mol. The Morgan fingerprint density at radius 1 is 1.21 bits per heavy atom. The second-order valence-electron chi connectivity index (χ2n) is 6.83. The number of anilines is 1. The summed E-state index contributed by atoms with van der Waals surface area (Å²) in [6, 6.07) is 2.11. The Balaban J connectivity index is 2.96. The Kier molecular flexibility index (Phi) is 4.97. The molecule has 0 saturated carbocycles. The zero-order valence-electron chi connectivity index (χ0n) is 13.5. The molecule has 0 saturated heterocycles. The molecule has 0 atom stereocenters. The molecule has 0 amide bonds. The fourth-order valence-corrected chi connectivity index (χ4v) is 1.81. The van der Waals surface area contributed by atoms with Crippen LogP contribution in [0.3, 0.4) is 0 Å². The van der Waals surface area contributed by atoms with Crippen molar-refractivity contribution >= 4 is 5.69 Å². The molecule has 1 aromatic rings. The van der Waals surface area contributed by atoms with Gasteiger partial charge in [-0.15, -0.1) is 0 Å². The smallest absolute Gasteiger partial charge is 0.0444 e. The zero-order valence-corrected chi connectivity index (χ0v) is 13.5. The van der Waals surface area contributed by atoms with Gasteiger partial charge in [-0.3, -0.25) is 4.98 Å². The second-order valence-corrected chi connectivity index (χ2v) is 6.83. The maximum atomic E-state index is 4.27. The molecule has 3 heteroatoms. The lowest BCUT2D eigenvalue weighted by molar-refractivity contribution is 0.422. The van der Waals surface area contributed by atoms with Crippen molar-refractivity contribution in [3.8, 4) is 0 Å². The highest BCUT2D eigenvalue weighted by atomic mass is 15.2. The quantitative estimate of drug-likeness (QED) is 0.880. The minimum atomic E-state index is 0.117. The normalized spacial score (nSPS) is 12.6. The third-order valence-electron chi connectivity index (χ3n) is 3.82. The zero-order chi connectivity index (χ0) is 14.7. The number of rotatable bonds is 5. The molecule has 0 aliphatic heterocycles. The van der Waals surface area contributed by atoms with Crippen molar-refractivity contribution in [1.82, 2.24) is 10.3 Å². The molecule has 0 aliphatic rings. The molecule has 0 spiro atoms. The van der Waals surface area contributed by atoms with Gasteiger partial charge in [0.15, 0.2) is 0 Å². The van der Waals surface area contributed by atoms with Gasteiger partial charge in [0.25, 0.3) is 0 Å². The molecule has 0 radical (unpaired) electrons. The van der Waals surface area contributed by atoms with Crippen molar-refractivity contribution in [3.05, 3.63) is 24.0 Å². The Bertz CT molecular complexity index is 405. The lowest BCUT2D eigenvalue weighted by atomic mass is 9.98. The highest BCUT2D eigenvalue weighted by molar-refractivity contribution is 5.53. The van der Waals surface area contributed by atoms with Crippen LogP contribution in [-0.4, -0.2) is 23.1 Å². The molecule has 1 heterocycles. The lowest BCUT2D eigenvalue weighted by Gasteiger charge is -2.38. The van der Waals surface area contributed by atoms with E-state index in [4.69, 9.17) is 0 Å². The largest absolute Gasteiger partial charge is 0.369 e. The second kappa shape index (κ2) is 5.91. The molecule has 0 aliphatic carbocycles. The summed E-state index contributed by atoms with van der Waals surface area (Å²) < 4.78 is 0. The SMILES string of the molecule is CCC(C)(C)N(C)c1ccncc1CNC(C)(C)C. The van der Waals surface area contributed by atoms with E-state index in [1.165, 1.54) is 11.3 Å². The van der Waals surface area contributed by atoms with Gasteiger partial charge in [-0.2, -0.15) is 0 Å². The highest BCUT2D eigenvalue weighted by Gasteiger charge is 2.23. The van der Waals surface area contributed by atoms with Crippen LogP contribution in [0, 0.1) is 0 Å². The van der Waals surface area contributed by atoms with Crippen molar-refractivity contribution in [2.75, 3.05) is 11.9 Å². The average molecular weight is 263 g/mol. The first-order valence-electron chi connectivity index (χ1n) is 7.09. The van der Waals surface area contributed by atoms with Gasteiger partial charge in [-0.05, 0) is 47.1 Å². The van der Waals surface area contributed by atoms with Crippen LogP contribution in [0.2, 0.25) is 0 Å². The fraction of sp³-hybridized carbons (Fsp3) is 0.688. The van der Waals surface area contributed by atoms with E-state index in [-0.39, 0.29) is 11.1 Å². The van der Waals surface area contributed by atoms with E-state index in [9.17, 15) is 0 Å². The Hall–Kier alpha value is -1.09. The molecule has 1 rings (SSSR count). The standard InChI is InChI=1S/C16H29N3/c1-8-16(5,6)19(7)14-9-10-17-11-13(14)12-18-15(2,3)4/h9-11,18H,8,12H2,1-7H3. The summed E-state index contributed by atoms with van der Waals surface area (Å²) in [5.74, 6) is 0. The predicted octanol–water partition coefficient (Wildman–Crippen LogP) is 3.59. The van der Waals surface area contributed by atoms with Crippen LogP contribution in [0.5, 0.6) is 0 Å². The minimum Gasteiger partial charge on any atom is -0.369 e. The van der Waals surface area contributed by atoms with Crippen LogP contribution in [-0.2, 0) is 6.54 Å². The van der Waals surface area contributed by atoms with Crippen molar-refractivity contribution in [3.63, 3.8) is 0 Å². The number of nitrogens with one attached hydrogen (secondary N) is 1. The van der Waals surface area contributed by atoms with Gasteiger partial charge >= 0.3 is 0 Å². The monoisotopic (exact) mass is 263 g/mol. The van der Waals surface area contributed by atoms with Crippen LogP contribution in [0.25, 0.3) is 0 Å². The van der Waals surface area contributed by atoms with E-state index < -0.39 is 0 Å².